The van der Waals surface area contributed by atoms with Crippen LogP contribution in [0.5, 0.6) is 5.75 Å². The molecule has 6 heteroatoms. The summed E-state index contributed by atoms with van der Waals surface area (Å²) in [6.45, 7) is 3.93. The molecule has 0 fully saturated rings. The summed E-state index contributed by atoms with van der Waals surface area (Å²) >= 11 is 12.0. The minimum absolute atomic E-state index is 0.132. The van der Waals surface area contributed by atoms with Gasteiger partial charge in [-0.15, -0.1) is 0 Å². The van der Waals surface area contributed by atoms with Crippen LogP contribution in [0.15, 0.2) is 30.3 Å². The molecule has 1 amide bonds. The van der Waals surface area contributed by atoms with E-state index in [0.717, 1.165) is 16.8 Å². The average Bonchev–Trinajstić information content (AvgIpc) is 2.49. The van der Waals surface area contributed by atoms with Crippen LogP contribution in [0.4, 0.5) is 11.4 Å². The molecule has 0 atom stereocenters. The number of nitrogens with one attached hydrogen (secondary N) is 2. The Labute approximate surface area is 145 Å². The second-order valence-corrected chi connectivity index (χ2v) is 6.01. The molecule has 2 aromatic rings. The van der Waals surface area contributed by atoms with Crippen molar-refractivity contribution in [3.8, 4) is 5.75 Å². The number of rotatable bonds is 5. The highest BCUT2D eigenvalue weighted by Crippen LogP contribution is 2.30. The first-order valence-corrected chi connectivity index (χ1v) is 7.80. The third kappa shape index (κ3) is 4.53. The van der Waals surface area contributed by atoms with Crippen molar-refractivity contribution in [3.05, 3.63) is 51.5 Å². The summed E-state index contributed by atoms with van der Waals surface area (Å²) < 4.78 is 5.24. The maximum absolute atomic E-state index is 12.1. The molecule has 0 aromatic heterocycles. The summed E-state index contributed by atoms with van der Waals surface area (Å²) in [7, 11) is 1.53. The second-order valence-electron chi connectivity index (χ2n) is 5.16. The fraction of sp³-hybridized carbons (Fsp3) is 0.235. The highest BCUT2D eigenvalue weighted by molar-refractivity contribution is 6.31. The maximum atomic E-state index is 12.1. The van der Waals surface area contributed by atoms with E-state index in [1.807, 2.05) is 26.0 Å². The van der Waals surface area contributed by atoms with Crippen LogP contribution in [0.3, 0.4) is 0 Å². The average molecular weight is 353 g/mol. The van der Waals surface area contributed by atoms with Gasteiger partial charge < -0.3 is 15.4 Å². The van der Waals surface area contributed by atoms with E-state index in [4.69, 9.17) is 27.9 Å². The predicted molar refractivity (Wildman–Crippen MR) is 96.0 cm³/mol. The molecule has 0 spiro atoms. The first kappa shape index (κ1) is 17.4. The normalized spacial score (nSPS) is 10.3. The number of hydrogen-bond donors (Lipinski definition) is 2. The molecule has 0 bridgehead atoms. The molecule has 0 unspecified atom stereocenters. The third-order valence-electron chi connectivity index (χ3n) is 3.38. The van der Waals surface area contributed by atoms with Crippen molar-refractivity contribution in [1.82, 2.24) is 0 Å². The van der Waals surface area contributed by atoms with E-state index in [-0.39, 0.29) is 12.5 Å². The molecule has 2 N–H and O–H groups in total. The van der Waals surface area contributed by atoms with Gasteiger partial charge in [0.25, 0.3) is 0 Å². The highest BCUT2D eigenvalue weighted by Gasteiger charge is 2.10. The van der Waals surface area contributed by atoms with Crippen LogP contribution < -0.4 is 15.4 Å². The number of ether oxygens (including phenoxy) is 1. The van der Waals surface area contributed by atoms with E-state index in [1.54, 1.807) is 18.2 Å². The minimum atomic E-state index is -0.181. The number of carbonyl (C=O) groups is 1. The van der Waals surface area contributed by atoms with E-state index in [1.165, 1.54) is 7.11 Å². The summed E-state index contributed by atoms with van der Waals surface area (Å²) in [5.74, 6) is 0.344. The Balaban J connectivity index is 2.04. The lowest BCUT2D eigenvalue weighted by Gasteiger charge is -2.13. The Morgan fingerprint density at radius 2 is 1.83 bits per heavy atom. The van der Waals surface area contributed by atoms with Gasteiger partial charge in [0.2, 0.25) is 5.91 Å². The van der Waals surface area contributed by atoms with E-state index in [9.17, 15) is 4.79 Å². The molecule has 122 valence electrons. The molecule has 0 aliphatic carbocycles. The topological polar surface area (TPSA) is 50.4 Å². The Morgan fingerprint density at radius 1 is 1.09 bits per heavy atom. The van der Waals surface area contributed by atoms with Gasteiger partial charge in [0, 0.05) is 21.8 Å². The maximum Gasteiger partial charge on any atom is 0.243 e. The van der Waals surface area contributed by atoms with Crippen molar-refractivity contribution in [2.24, 2.45) is 0 Å². The summed E-state index contributed by atoms with van der Waals surface area (Å²) in [5, 5.41) is 7.16. The van der Waals surface area contributed by atoms with Crippen LogP contribution in [-0.2, 0) is 4.79 Å². The van der Waals surface area contributed by atoms with Crippen LogP contribution in [0.2, 0.25) is 10.0 Å². The SMILES string of the molecule is COc1cc(Cl)c(C)cc1NC(=O)CNc1ccc(Cl)cc1C. The number of methoxy groups -OCH3 is 1. The summed E-state index contributed by atoms with van der Waals surface area (Å²) in [4.78, 5) is 12.1. The van der Waals surface area contributed by atoms with Gasteiger partial charge in [-0.05, 0) is 49.2 Å². The highest BCUT2D eigenvalue weighted by atomic mass is 35.5. The van der Waals surface area contributed by atoms with E-state index in [0.29, 0.717) is 21.5 Å². The van der Waals surface area contributed by atoms with Gasteiger partial charge >= 0.3 is 0 Å². The second kappa shape index (κ2) is 7.57. The Morgan fingerprint density at radius 3 is 2.48 bits per heavy atom. The Hall–Kier alpha value is -1.91. The van der Waals surface area contributed by atoms with Gasteiger partial charge in [-0.1, -0.05) is 23.2 Å². The third-order valence-corrected chi connectivity index (χ3v) is 4.02. The smallest absolute Gasteiger partial charge is 0.243 e. The van der Waals surface area contributed by atoms with Gasteiger partial charge in [-0.2, -0.15) is 0 Å². The zero-order valence-corrected chi connectivity index (χ0v) is 14.7. The van der Waals surface area contributed by atoms with E-state index >= 15 is 0 Å². The number of aryl methyl sites for hydroxylation is 2. The number of anilines is 2. The molecule has 4 nitrogen and oxygen atoms in total. The molecule has 0 saturated carbocycles. The van der Waals surface area contributed by atoms with Crippen molar-refractivity contribution in [2.75, 3.05) is 24.3 Å². The van der Waals surface area contributed by atoms with Gasteiger partial charge in [-0.3, -0.25) is 4.79 Å². The molecule has 0 heterocycles. The molecule has 0 aliphatic rings. The fourth-order valence-electron chi connectivity index (χ4n) is 2.13. The Bertz CT molecular complexity index is 733. The Kier molecular flexibility index (Phi) is 5.74. The summed E-state index contributed by atoms with van der Waals surface area (Å²) in [6, 6.07) is 8.93. The minimum Gasteiger partial charge on any atom is -0.495 e. The molecular weight excluding hydrogens is 335 g/mol. The molecule has 0 aliphatic heterocycles. The lowest BCUT2D eigenvalue weighted by Crippen LogP contribution is -2.22. The quantitative estimate of drug-likeness (QED) is 0.821. The molecule has 2 rings (SSSR count). The lowest BCUT2D eigenvalue weighted by atomic mass is 10.2. The van der Waals surface area contributed by atoms with Gasteiger partial charge in [0.15, 0.2) is 0 Å². The van der Waals surface area contributed by atoms with Gasteiger partial charge in [-0.25, -0.2) is 0 Å². The standard InChI is InChI=1S/C17H18Cl2N2O2/c1-10-7-15(16(23-3)8-13(10)19)21-17(22)9-20-14-5-4-12(18)6-11(14)2/h4-8,20H,9H2,1-3H3,(H,21,22). The molecular formula is C17H18Cl2N2O2. The number of carbonyl (C=O) groups excluding carboxylic acids is 1. The summed E-state index contributed by atoms with van der Waals surface area (Å²) in [6.07, 6.45) is 0. The monoisotopic (exact) mass is 352 g/mol. The fourth-order valence-corrected chi connectivity index (χ4v) is 2.51. The predicted octanol–water partition coefficient (Wildman–Crippen LogP) is 4.67. The number of halogens is 2. The number of hydrogen-bond acceptors (Lipinski definition) is 3. The van der Waals surface area contributed by atoms with E-state index < -0.39 is 0 Å². The first-order chi connectivity index (χ1) is 10.9. The zero-order valence-electron chi connectivity index (χ0n) is 13.2. The molecule has 23 heavy (non-hydrogen) atoms. The zero-order chi connectivity index (χ0) is 17.0. The first-order valence-electron chi connectivity index (χ1n) is 7.04. The van der Waals surface area contributed by atoms with Crippen LogP contribution in [0, 0.1) is 13.8 Å². The van der Waals surface area contributed by atoms with E-state index in [2.05, 4.69) is 10.6 Å². The van der Waals surface area contributed by atoms with Crippen molar-refractivity contribution < 1.29 is 9.53 Å². The van der Waals surface area contributed by atoms with Crippen LogP contribution >= 0.6 is 23.2 Å². The molecule has 0 saturated heterocycles. The van der Waals surface area contributed by atoms with Gasteiger partial charge in [0.1, 0.15) is 5.75 Å². The van der Waals surface area contributed by atoms with Crippen LogP contribution in [0.25, 0.3) is 0 Å². The number of amides is 1. The van der Waals surface area contributed by atoms with Crippen molar-refractivity contribution in [1.29, 1.82) is 0 Å². The largest absolute Gasteiger partial charge is 0.495 e. The van der Waals surface area contributed by atoms with Crippen molar-refractivity contribution >= 4 is 40.5 Å². The number of benzene rings is 2. The van der Waals surface area contributed by atoms with Crippen LogP contribution in [-0.4, -0.2) is 19.6 Å². The lowest BCUT2D eigenvalue weighted by molar-refractivity contribution is -0.114. The van der Waals surface area contributed by atoms with Crippen LogP contribution in [0.1, 0.15) is 11.1 Å². The summed E-state index contributed by atoms with van der Waals surface area (Å²) in [5.41, 5.74) is 3.30. The molecule has 0 radical (unpaired) electrons. The van der Waals surface area contributed by atoms with Crippen molar-refractivity contribution in [2.45, 2.75) is 13.8 Å². The van der Waals surface area contributed by atoms with Gasteiger partial charge in [0.05, 0.1) is 19.3 Å². The molecule has 2 aromatic carbocycles. The van der Waals surface area contributed by atoms with Crippen molar-refractivity contribution in [3.63, 3.8) is 0 Å².